The number of oxime groups is 1. The molecule has 0 fully saturated rings. The zero-order chi connectivity index (χ0) is 14.5. The quantitative estimate of drug-likeness (QED) is 0.306. The highest BCUT2D eigenvalue weighted by Crippen LogP contribution is 2.22. The Labute approximate surface area is 117 Å². The Morgan fingerprint density at radius 3 is 2.95 bits per heavy atom. The van der Waals surface area contributed by atoms with Crippen LogP contribution in [-0.4, -0.2) is 35.8 Å². The Morgan fingerprint density at radius 2 is 2.35 bits per heavy atom. The summed E-state index contributed by atoms with van der Waals surface area (Å²) in [4.78, 5) is 19.7. The largest absolute Gasteiger partial charge is 0.409 e. The van der Waals surface area contributed by atoms with Gasteiger partial charge in [0.1, 0.15) is 10.7 Å². The fraction of sp³-hybridized carbons (Fsp3) is 0.300. The minimum absolute atomic E-state index is 0.114. The van der Waals surface area contributed by atoms with Crippen LogP contribution in [0.3, 0.4) is 0 Å². The Morgan fingerprint density at radius 1 is 1.55 bits per heavy atom. The third-order valence-corrected chi connectivity index (χ3v) is 3.28. The lowest BCUT2D eigenvalue weighted by atomic mass is 10.4. The lowest BCUT2D eigenvalue weighted by molar-refractivity contribution is 0.318. The van der Waals surface area contributed by atoms with Gasteiger partial charge >= 0.3 is 5.69 Å². The Balaban J connectivity index is 2.20. The number of nitrogens with one attached hydrogen (secondary N) is 1. The number of hydrogen-bond donors (Lipinski definition) is 3. The van der Waals surface area contributed by atoms with Crippen LogP contribution in [0.25, 0.3) is 0 Å². The van der Waals surface area contributed by atoms with E-state index in [0.29, 0.717) is 16.7 Å². The van der Waals surface area contributed by atoms with E-state index in [9.17, 15) is 4.79 Å². The molecule has 2 aromatic rings. The Bertz CT molecular complexity index is 661. The molecule has 0 saturated carbocycles. The molecule has 0 amide bonds. The van der Waals surface area contributed by atoms with Crippen molar-refractivity contribution in [3.8, 4) is 0 Å². The highest BCUT2D eigenvalue weighted by atomic mass is 32.2. The minimum atomic E-state index is -0.254. The van der Waals surface area contributed by atoms with Crippen LogP contribution < -0.4 is 11.4 Å². The maximum Gasteiger partial charge on any atom is 0.343 e. The van der Waals surface area contributed by atoms with Crippen molar-refractivity contribution in [2.24, 2.45) is 10.9 Å². The molecule has 0 unspecified atom stereocenters. The van der Waals surface area contributed by atoms with E-state index in [1.807, 2.05) is 6.92 Å². The van der Waals surface area contributed by atoms with E-state index in [-0.39, 0.29) is 17.2 Å². The summed E-state index contributed by atoms with van der Waals surface area (Å²) in [6, 6.07) is 0. The highest BCUT2D eigenvalue weighted by Gasteiger charge is 2.11. The molecule has 0 aliphatic rings. The maximum absolute atomic E-state index is 11.5. The zero-order valence-corrected chi connectivity index (χ0v) is 11.5. The van der Waals surface area contributed by atoms with Crippen molar-refractivity contribution in [1.82, 2.24) is 24.7 Å². The molecule has 2 rings (SSSR count). The summed E-state index contributed by atoms with van der Waals surface area (Å²) >= 11 is 1.21. The fourth-order valence-corrected chi connectivity index (χ4v) is 2.22. The first-order valence-electron chi connectivity index (χ1n) is 5.78. The predicted molar refractivity (Wildman–Crippen MR) is 71.8 cm³/mol. The maximum atomic E-state index is 11.5. The SMILES string of the molecule is CCCn1c(Sc2cnc(C(N)=NO)cn2)n[nH]c1=O. The smallest absolute Gasteiger partial charge is 0.343 e. The first-order valence-corrected chi connectivity index (χ1v) is 6.60. The van der Waals surface area contributed by atoms with Crippen molar-refractivity contribution in [1.29, 1.82) is 0 Å². The molecule has 0 spiro atoms. The average Bonchev–Trinajstić information content (AvgIpc) is 2.81. The van der Waals surface area contributed by atoms with Crippen LogP contribution in [0, 0.1) is 0 Å². The second-order valence-corrected chi connectivity index (χ2v) is 4.78. The van der Waals surface area contributed by atoms with Crippen molar-refractivity contribution in [2.45, 2.75) is 30.1 Å². The van der Waals surface area contributed by atoms with E-state index in [4.69, 9.17) is 10.9 Å². The number of amidine groups is 1. The molecule has 0 aliphatic carbocycles. The van der Waals surface area contributed by atoms with Crippen molar-refractivity contribution in [2.75, 3.05) is 0 Å². The van der Waals surface area contributed by atoms with Crippen molar-refractivity contribution >= 4 is 17.6 Å². The molecular formula is C10H13N7O2S. The van der Waals surface area contributed by atoms with E-state index in [1.165, 1.54) is 28.7 Å². The molecule has 10 heteroatoms. The summed E-state index contributed by atoms with van der Waals surface area (Å²) in [5.41, 5.74) is 5.41. The van der Waals surface area contributed by atoms with Crippen LogP contribution in [0.15, 0.2) is 32.5 Å². The van der Waals surface area contributed by atoms with Gasteiger partial charge in [0.2, 0.25) is 0 Å². The summed E-state index contributed by atoms with van der Waals surface area (Å²) in [5.74, 6) is -0.114. The van der Waals surface area contributed by atoms with Crippen molar-refractivity contribution in [3.05, 3.63) is 28.6 Å². The van der Waals surface area contributed by atoms with E-state index in [2.05, 4.69) is 25.3 Å². The molecule has 0 radical (unpaired) electrons. The van der Waals surface area contributed by atoms with Crippen molar-refractivity contribution < 1.29 is 5.21 Å². The number of rotatable bonds is 5. The number of hydrogen-bond acceptors (Lipinski definition) is 7. The van der Waals surface area contributed by atoms with Gasteiger partial charge in [0.15, 0.2) is 11.0 Å². The lowest BCUT2D eigenvalue weighted by Crippen LogP contribution is -2.17. The second kappa shape index (κ2) is 6.19. The molecule has 2 aromatic heterocycles. The molecule has 0 aromatic carbocycles. The van der Waals surface area contributed by atoms with Crippen molar-refractivity contribution in [3.63, 3.8) is 0 Å². The van der Waals surface area contributed by atoms with E-state index < -0.39 is 0 Å². The van der Waals surface area contributed by atoms with Crippen LogP contribution in [0.1, 0.15) is 19.0 Å². The molecule has 0 atom stereocenters. The number of nitrogens with zero attached hydrogens (tertiary/aromatic N) is 5. The predicted octanol–water partition coefficient (Wildman–Crippen LogP) is 0.0171. The zero-order valence-electron chi connectivity index (χ0n) is 10.6. The molecule has 20 heavy (non-hydrogen) atoms. The molecular weight excluding hydrogens is 282 g/mol. The third-order valence-electron chi connectivity index (χ3n) is 2.36. The standard InChI is InChI=1S/C10H13N7O2S/c1-2-3-17-9(18)14-15-10(17)20-7-5-12-6(4-13-7)8(11)16-19/h4-5,19H,2-3H2,1H3,(H2,11,16)(H,14,18). The van der Waals surface area contributed by atoms with Gasteiger partial charge in [-0.2, -0.15) is 0 Å². The van der Waals surface area contributed by atoms with Gasteiger partial charge in [0, 0.05) is 6.54 Å². The molecule has 2 heterocycles. The van der Waals surface area contributed by atoms with Gasteiger partial charge in [-0.25, -0.2) is 19.9 Å². The first kappa shape index (κ1) is 14.1. The number of aromatic amines is 1. The van der Waals surface area contributed by atoms with E-state index in [1.54, 1.807) is 0 Å². The van der Waals surface area contributed by atoms with Crippen LogP contribution in [0.2, 0.25) is 0 Å². The summed E-state index contributed by atoms with van der Waals surface area (Å²) in [6.07, 6.45) is 3.67. The summed E-state index contributed by atoms with van der Waals surface area (Å²) < 4.78 is 1.53. The molecule has 9 nitrogen and oxygen atoms in total. The minimum Gasteiger partial charge on any atom is -0.409 e. The molecule has 106 valence electrons. The van der Waals surface area contributed by atoms with Crippen LogP contribution in [-0.2, 0) is 6.54 Å². The van der Waals surface area contributed by atoms with Crippen LogP contribution >= 0.6 is 11.8 Å². The second-order valence-electron chi connectivity index (χ2n) is 3.79. The van der Waals surface area contributed by atoms with Gasteiger partial charge in [-0.3, -0.25) is 4.57 Å². The summed E-state index contributed by atoms with van der Waals surface area (Å²) in [5, 5.41) is 18.8. The van der Waals surface area contributed by atoms with Gasteiger partial charge in [0.05, 0.1) is 12.4 Å². The average molecular weight is 295 g/mol. The van der Waals surface area contributed by atoms with E-state index in [0.717, 1.165) is 6.42 Å². The number of H-pyrrole nitrogens is 1. The number of nitrogens with two attached hydrogens (primary N) is 1. The molecule has 4 N–H and O–H groups in total. The summed E-state index contributed by atoms with van der Waals surface area (Å²) in [6.45, 7) is 2.55. The third kappa shape index (κ3) is 2.96. The summed E-state index contributed by atoms with van der Waals surface area (Å²) in [7, 11) is 0. The lowest BCUT2D eigenvalue weighted by Gasteiger charge is -2.03. The Hall–Kier alpha value is -2.36. The fourth-order valence-electron chi connectivity index (χ4n) is 1.45. The normalized spacial score (nSPS) is 11.8. The molecule has 0 bridgehead atoms. The van der Waals surface area contributed by atoms with Gasteiger partial charge < -0.3 is 10.9 Å². The molecule has 0 saturated heterocycles. The van der Waals surface area contributed by atoms with Gasteiger partial charge in [-0.05, 0) is 18.2 Å². The molecule has 0 aliphatic heterocycles. The van der Waals surface area contributed by atoms with E-state index >= 15 is 0 Å². The first-order chi connectivity index (χ1) is 9.65. The monoisotopic (exact) mass is 295 g/mol. The highest BCUT2D eigenvalue weighted by molar-refractivity contribution is 7.99. The van der Waals surface area contributed by atoms with Gasteiger partial charge in [-0.1, -0.05) is 12.1 Å². The van der Waals surface area contributed by atoms with Crippen LogP contribution in [0.4, 0.5) is 0 Å². The Kier molecular flexibility index (Phi) is 4.35. The van der Waals surface area contributed by atoms with Crippen LogP contribution in [0.5, 0.6) is 0 Å². The topological polar surface area (TPSA) is 135 Å². The number of aromatic nitrogens is 5. The van der Waals surface area contributed by atoms with Gasteiger partial charge in [-0.15, -0.1) is 5.10 Å². The van der Waals surface area contributed by atoms with Gasteiger partial charge in [0.25, 0.3) is 0 Å².